The number of thiocarbonyl (C=S) groups is 1. The van der Waals surface area contributed by atoms with E-state index in [0.29, 0.717) is 27.3 Å². The van der Waals surface area contributed by atoms with Gasteiger partial charge in [-0.15, -0.1) is 0 Å². The lowest BCUT2D eigenvalue weighted by atomic mass is 10.2. The Labute approximate surface area is 139 Å². The highest BCUT2D eigenvalue weighted by Crippen LogP contribution is 2.31. The molecule has 0 unspecified atom stereocenters. The lowest BCUT2D eigenvalue weighted by Gasteiger charge is -2.16. The van der Waals surface area contributed by atoms with E-state index in [2.05, 4.69) is 10.6 Å². The Bertz CT molecular complexity index is 722. The van der Waals surface area contributed by atoms with Crippen molar-refractivity contribution in [2.24, 2.45) is 0 Å². The predicted molar refractivity (Wildman–Crippen MR) is 93.7 cm³/mol. The van der Waals surface area contributed by atoms with Crippen LogP contribution in [0, 0.1) is 19.7 Å². The number of methoxy groups -OCH3 is 1. The fraction of sp³-hybridized carbons (Fsp3) is 0.188. The number of halogens is 2. The van der Waals surface area contributed by atoms with Crippen LogP contribution in [-0.4, -0.2) is 12.2 Å². The quantitative estimate of drug-likeness (QED) is 0.779. The number of ether oxygens (including phenoxy) is 1. The molecule has 2 N–H and O–H groups in total. The Balaban J connectivity index is 2.19. The summed E-state index contributed by atoms with van der Waals surface area (Å²) in [5.41, 5.74) is 3.10. The summed E-state index contributed by atoms with van der Waals surface area (Å²) in [6.45, 7) is 3.76. The number of anilines is 2. The third-order valence-electron chi connectivity index (χ3n) is 3.18. The second-order valence-corrected chi connectivity index (χ2v) is 5.66. The van der Waals surface area contributed by atoms with Crippen molar-refractivity contribution in [3.63, 3.8) is 0 Å². The van der Waals surface area contributed by atoms with E-state index in [1.54, 1.807) is 19.2 Å². The van der Waals surface area contributed by atoms with Crippen LogP contribution in [0.15, 0.2) is 30.3 Å². The maximum Gasteiger partial charge on any atom is 0.175 e. The normalized spacial score (nSPS) is 10.2. The standard InChI is InChI=1S/C16H16ClFN2OS/c1-9-4-5-11(18)7-13(9)19-16(22)20-14-6-10(2)12(17)8-15(14)21-3/h4-8H,1-3H3,(H2,19,20,22). The van der Waals surface area contributed by atoms with E-state index >= 15 is 0 Å². The van der Waals surface area contributed by atoms with Crippen LogP contribution in [0.2, 0.25) is 5.02 Å². The van der Waals surface area contributed by atoms with Gasteiger partial charge in [0, 0.05) is 16.8 Å². The Morgan fingerprint density at radius 1 is 1.09 bits per heavy atom. The van der Waals surface area contributed by atoms with Crippen molar-refractivity contribution in [1.29, 1.82) is 0 Å². The van der Waals surface area contributed by atoms with Gasteiger partial charge >= 0.3 is 0 Å². The second-order valence-electron chi connectivity index (χ2n) is 4.84. The molecular formula is C16H16ClFN2OS. The molecule has 2 rings (SSSR count). The van der Waals surface area contributed by atoms with Crippen LogP contribution < -0.4 is 15.4 Å². The van der Waals surface area contributed by atoms with Crippen LogP contribution in [0.4, 0.5) is 15.8 Å². The highest BCUT2D eigenvalue weighted by atomic mass is 35.5. The molecule has 0 saturated carbocycles. The number of hydrogen-bond acceptors (Lipinski definition) is 2. The monoisotopic (exact) mass is 338 g/mol. The minimum atomic E-state index is -0.323. The Morgan fingerprint density at radius 2 is 1.77 bits per heavy atom. The molecule has 0 aliphatic carbocycles. The zero-order valence-corrected chi connectivity index (χ0v) is 14.0. The molecule has 6 heteroatoms. The van der Waals surface area contributed by atoms with Crippen LogP contribution >= 0.6 is 23.8 Å². The Morgan fingerprint density at radius 3 is 2.45 bits per heavy atom. The van der Waals surface area contributed by atoms with Gasteiger partial charge in [-0.2, -0.15) is 0 Å². The summed E-state index contributed by atoms with van der Waals surface area (Å²) >= 11 is 11.3. The van der Waals surface area contributed by atoms with Crippen LogP contribution in [-0.2, 0) is 0 Å². The molecular weight excluding hydrogens is 323 g/mol. The number of aryl methyl sites for hydroxylation is 2. The molecule has 0 aromatic heterocycles. The lowest BCUT2D eigenvalue weighted by Crippen LogP contribution is -2.20. The van der Waals surface area contributed by atoms with Crippen molar-refractivity contribution < 1.29 is 9.13 Å². The fourth-order valence-corrected chi connectivity index (χ4v) is 2.31. The number of rotatable bonds is 3. The van der Waals surface area contributed by atoms with E-state index in [1.807, 2.05) is 19.9 Å². The van der Waals surface area contributed by atoms with Crippen molar-refractivity contribution in [3.8, 4) is 5.75 Å². The first-order valence-electron chi connectivity index (χ1n) is 6.59. The minimum Gasteiger partial charge on any atom is -0.495 e. The van der Waals surface area contributed by atoms with Crippen LogP contribution in [0.3, 0.4) is 0 Å². The third kappa shape index (κ3) is 3.87. The first-order chi connectivity index (χ1) is 10.4. The van der Waals surface area contributed by atoms with Crippen LogP contribution in [0.25, 0.3) is 0 Å². The summed E-state index contributed by atoms with van der Waals surface area (Å²) < 4.78 is 18.6. The van der Waals surface area contributed by atoms with Gasteiger partial charge in [-0.1, -0.05) is 17.7 Å². The van der Waals surface area contributed by atoms with Crippen molar-refractivity contribution in [1.82, 2.24) is 0 Å². The van der Waals surface area contributed by atoms with Gasteiger partial charge in [0.05, 0.1) is 12.8 Å². The van der Waals surface area contributed by atoms with Gasteiger partial charge in [-0.05, 0) is 55.4 Å². The molecule has 0 atom stereocenters. The van der Waals surface area contributed by atoms with E-state index in [0.717, 1.165) is 11.1 Å². The molecule has 0 fully saturated rings. The summed E-state index contributed by atoms with van der Waals surface area (Å²) in [5, 5.41) is 6.97. The molecule has 3 nitrogen and oxygen atoms in total. The summed E-state index contributed by atoms with van der Waals surface area (Å²) in [5.74, 6) is 0.256. The van der Waals surface area contributed by atoms with Crippen molar-refractivity contribution in [2.45, 2.75) is 13.8 Å². The molecule has 0 spiro atoms. The molecule has 116 valence electrons. The van der Waals surface area contributed by atoms with Crippen molar-refractivity contribution >= 4 is 40.3 Å². The molecule has 0 bridgehead atoms. The molecule has 0 aliphatic heterocycles. The summed E-state index contributed by atoms with van der Waals surface area (Å²) in [4.78, 5) is 0. The van der Waals surface area contributed by atoms with Gasteiger partial charge in [0.1, 0.15) is 11.6 Å². The lowest BCUT2D eigenvalue weighted by molar-refractivity contribution is 0.417. The SMILES string of the molecule is COc1cc(Cl)c(C)cc1NC(=S)Nc1cc(F)ccc1C. The van der Waals surface area contributed by atoms with Gasteiger partial charge in [0.25, 0.3) is 0 Å². The van der Waals surface area contributed by atoms with Gasteiger partial charge in [0.15, 0.2) is 5.11 Å². The number of nitrogens with one attached hydrogen (secondary N) is 2. The van der Waals surface area contributed by atoms with E-state index in [9.17, 15) is 4.39 Å². The molecule has 0 heterocycles. The summed E-state index contributed by atoms with van der Waals surface area (Å²) in [6, 6.07) is 8.05. The Kier molecular flexibility index (Phi) is 5.21. The van der Waals surface area contributed by atoms with E-state index < -0.39 is 0 Å². The maximum absolute atomic E-state index is 13.3. The number of benzene rings is 2. The molecule has 22 heavy (non-hydrogen) atoms. The van der Waals surface area contributed by atoms with Crippen LogP contribution in [0.1, 0.15) is 11.1 Å². The molecule has 0 amide bonds. The minimum absolute atomic E-state index is 0.323. The van der Waals surface area contributed by atoms with Gasteiger partial charge in [-0.3, -0.25) is 0 Å². The third-order valence-corrected chi connectivity index (χ3v) is 3.79. The van der Waals surface area contributed by atoms with E-state index in [-0.39, 0.29) is 5.82 Å². The predicted octanol–water partition coefficient (Wildman–Crippen LogP) is 4.91. The average Bonchev–Trinajstić information content (AvgIpc) is 2.46. The first kappa shape index (κ1) is 16.5. The number of hydrogen-bond donors (Lipinski definition) is 2. The molecule has 2 aromatic rings. The first-order valence-corrected chi connectivity index (χ1v) is 7.37. The molecule has 0 aliphatic rings. The Hall–Kier alpha value is -1.85. The molecule has 2 aromatic carbocycles. The zero-order chi connectivity index (χ0) is 16.3. The fourth-order valence-electron chi connectivity index (χ4n) is 1.93. The van der Waals surface area contributed by atoms with Gasteiger partial charge in [0.2, 0.25) is 0 Å². The molecule has 0 radical (unpaired) electrons. The smallest absolute Gasteiger partial charge is 0.175 e. The maximum atomic E-state index is 13.3. The van der Waals surface area contributed by atoms with E-state index in [4.69, 9.17) is 28.6 Å². The summed E-state index contributed by atoms with van der Waals surface area (Å²) in [7, 11) is 1.55. The highest BCUT2D eigenvalue weighted by Gasteiger charge is 2.09. The van der Waals surface area contributed by atoms with Gasteiger partial charge in [-0.25, -0.2) is 4.39 Å². The zero-order valence-electron chi connectivity index (χ0n) is 12.5. The molecule has 0 saturated heterocycles. The average molecular weight is 339 g/mol. The van der Waals surface area contributed by atoms with Crippen molar-refractivity contribution in [2.75, 3.05) is 17.7 Å². The topological polar surface area (TPSA) is 33.3 Å². The largest absolute Gasteiger partial charge is 0.495 e. The van der Waals surface area contributed by atoms with Gasteiger partial charge < -0.3 is 15.4 Å². The highest BCUT2D eigenvalue weighted by molar-refractivity contribution is 7.80. The van der Waals surface area contributed by atoms with Crippen molar-refractivity contribution in [3.05, 3.63) is 52.3 Å². The van der Waals surface area contributed by atoms with Crippen LogP contribution in [0.5, 0.6) is 5.75 Å². The second kappa shape index (κ2) is 6.94. The summed E-state index contributed by atoms with van der Waals surface area (Å²) in [6.07, 6.45) is 0. The van der Waals surface area contributed by atoms with E-state index in [1.165, 1.54) is 12.1 Å².